The standard InChI is InChI=1S/C21H20FNO6S/c1-11(24)7-12-8-14(22)3-6-18(12)30(26,27)23-17-5-4-15-16-9-13(16)10-29-20(15)19(17)21(25)28-2/h3-6,8,13,16,23H,7,9-10H2,1-2H3/t13-,16-/m0/s1. The number of rotatable bonds is 6. The van der Waals surface area contributed by atoms with E-state index in [1.54, 1.807) is 6.07 Å². The highest BCUT2D eigenvalue weighted by Gasteiger charge is 2.45. The van der Waals surface area contributed by atoms with Gasteiger partial charge < -0.3 is 9.47 Å². The van der Waals surface area contributed by atoms with Crippen molar-refractivity contribution in [3.05, 3.63) is 52.8 Å². The molecule has 30 heavy (non-hydrogen) atoms. The van der Waals surface area contributed by atoms with Gasteiger partial charge >= 0.3 is 5.97 Å². The predicted molar refractivity (Wildman–Crippen MR) is 106 cm³/mol. The van der Waals surface area contributed by atoms with Gasteiger partial charge in [-0.05, 0) is 54.7 Å². The molecule has 0 bridgehead atoms. The number of halogens is 1. The normalized spacial score (nSPS) is 19.2. The van der Waals surface area contributed by atoms with Crippen molar-refractivity contribution in [1.29, 1.82) is 0 Å². The summed E-state index contributed by atoms with van der Waals surface area (Å²) in [4.78, 5) is 23.8. The van der Waals surface area contributed by atoms with Crippen LogP contribution in [0.1, 0.15) is 40.7 Å². The molecule has 1 saturated carbocycles. The van der Waals surface area contributed by atoms with E-state index in [4.69, 9.17) is 9.47 Å². The average Bonchev–Trinajstić information content (AvgIpc) is 3.46. The fraction of sp³-hybridized carbons (Fsp3) is 0.333. The molecule has 0 amide bonds. The van der Waals surface area contributed by atoms with Gasteiger partial charge in [0.2, 0.25) is 0 Å². The van der Waals surface area contributed by atoms with Crippen LogP contribution in [0.3, 0.4) is 0 Å². The Morgan fingerprint density at radius 3 is 2.73 bits per heavy atom. The van der Waals surface area contributed by atoms with Gasteiger partial charge in [0.15, 0.2) is 0 Å². The highest BCUT2D eigenvalue weighted by Crippen LogP contribution is 2.55. The third-order valence-electron chi connectivity index (χ3n) is 5.34. The number of hydrogen-bond donors (Lipinski definition) is 1. The number of methoxy groups -OCH3 is 1. The van der Waals surface area contributed by atoms with Crippen molar-refractivity contribution in [3.63, 3.8) is 0 Å². The van der Waals surface area contributed by atoms with Crippen LogP contribution in [-0.2, 0) is 26.0 Å². The maximum absolute atomic E-state index is 13.7. The summed E-state index contributed by atoms with van der Waals surface area (Å²) in [6, 6.07) is 6.35. The number of anilines is 1. The van der Waals surface area contributed by atoms with Crippen molar-refractivity contribution in [2.75, 3.05) is 18.4 Å². The van der Waals surface area contributed by atoms with Crippen LogP contribution in [0.15, 0.2) is 35.2 Å². The van der Waals surface area contributed by atoms with E-state index in [0.717, 1.165) is 30.2 Å². The lowest BCUT2D eigenvalue weighted by Gasteiger charge is -2.22. The lowest BCUT2D eigenvalue weighted by Crippen LogP contribution is -2.20. The summed E-state index contributed by atoms with van der Waals surface area (Å²) in [6.07, 6.45) is 0.719. The van der Waals surface area contributed by atoms with Gasteiger partial charge in [0.05, 0.1) is 24.3 Å². The van der Waals surface area contributed by atoms with Crippen molar-refractivity contribution in [2.24, 2.45) is 5.92 Å². The second kappa shape index (κ2) is 7.39. The number of ether oxygens (including phenoxy) is 2. The Hall–Kier alpha value is -2.94. The molecule has 1 N–H and O–H groups in total. The summed E-state index contributed by atoms with van der Waals surface area (Å²) >= 11 is 0. The number of Topliss-reactive ketones (excluding diaryl/α,β-unsaturated/α-hetero) is 1. The molecule has 158 valence electrons. The van der Waals surface area contributed by atoms with Crippen LogP contribution < -0.4 is 9.46 Å². The SMILES string of the molecule is COC(=O)c1c(NS(=O)(=O)c2ccc(F)cc2CC(C)=O)ccc2c1OC[C@@H]1C[C@H]21. The van der Waals surface area contributed by atoms with E-state index in [1.807, 2.05) is 0 Å². The number of nitrogens with one attached hydrogen (secondary N) is 1. The first-order chi connectivity index (χ1) is 14.2. The van der Waals surface area contributed by atoms with Gasteiger partial charge in [-0.3, -0.25) is 9.52 Å². The highest BCUT2D eigenvalue weighted by molar-refractivity contribution is 7.92. The minimum atomic E-state index is -4.23. The minimum absolute atomic E-state index is 0.000783. The lowest BCUT2D eigenvalue weighted by molar-refractivity contribution is -0.116. The number of carbonyl (C=O) groups is 2. The predicted octanol–water partition coefficient (Wildman–Crippen LogP) is 3.04. The number of hydrogen-bond acceptors (Lipinski definition) is 6. The van der Waals surface area contributed by atoms with Gasteiger partial charge in [0.1, 0.15) is 22.9 Å². The maximum Gasteiger partial charge on any atom is 0.343 e. The number of fused-ring (bicyclic) bond motifs is 3. The van der Waals surface area contributed by atoms with Crippen LogP contribution in [0, 0.1) is 11.7 Å². The van der Waals surface area contributed by atoms with Gasteiger partial charge in [-0.25, -0.2) is 17.6 Å². The lowest BCUT2D eigenvalue weighted by atomic mass is 10.0. The Balaban J connectivity index is 1.77. The first kappa shape index (κ1) is 20.3. The summed E-state index contributed by atoms with van der Waals surface area (Å²) in [6.45, 7) is 1.74. The molecule has 0 radical (unpaired) electrons. The summed E-state index contributed by atoms with van der Waals surface area (Å²) in [7, 11) is -3.03. The van der Waals surface area contributed by atoms with Gasteiger partial charge in [-0.15, -0.1) is 0 Å². The maximum atomic E-state index is 13.7. The molecule has 1 heterocycles. The zero-order valence-corrected chi connectivity index (χ0v) is 17.2. The van der Waals surface area contributed by atoms with Crippen LogP contribution in [0.2, 0.25) is 0 Å². The number of esters is 1. The summed E-state index contributed by atoms with van der Waals surface area (Å²) in [5.41, 5.74) is 0.884. The summed E-state index contributed by atoms with van der Waals surface area (Å²) in [5, 5.41) is 0. The van der Waals surface area contributed by atoms with E-state index >= 15 is 0 Å². The third-order valence-corrected chi connectivity index (χ3v) is 6.80. The smallest absolute Gasteiger partial charge is 0.343 e. The second-order valence-electron chi connectivity index (χ2n) is 7.55. The fourth-order valence-corrected chi connectivity index (χ4v) is 5.15. The van der Waals surface area contributed by atoms with E-state index in [9.17, 15) is 22.4 Å². The summed E-state index contributed by atoms with van der Waals surface area (Å²) in [5.74, 6) is -0.661. The van der Waals surface area contributed by atoms with Gasteiger partial charge in [0.25, 0.3) is 10.0 Å². The first-order valence-electron chi connectivity index (χ1n) is 9.40. The Morgan fingerprint density at radius 2 is 2.03 bits per heavy atom. The summed E-state index contributed by atoms with van der Waals surface area (Å²) < 4.78 is 52.8. The molecule has 2 aliphatic rings. The zero-order valence-electron chi connectivity index (χ0n) is 16.4. The van der Waals surface area contributed by atoms with Crippen molar-refractivity contribution < 1.29 is 31.9 Å². The quantitative estimate of drug-likeness (QED) is 0.703. The zero-order chi connectivity index (χ0) is 21.6. The van der Waals surface area contributed by atoms with Crippen LogP contribution in [0.5, 0.6) is 5.75 Å². The molecule has 0 spiro atoms. The van der Waals surface area contributed by atoms with Crippen LogP contribution in [0.25, 0.3) is 0 Å². The Labute approximate surface area is 173 Å². The molecule has 1 aliphatic carbocycles. The van der Waals surface area contributed by atoms with Crippen LogP contribution >= 0.6 is 0 Å². The largest absolute Gasteiger partial charge is 0.492 e. The first-order valence-corrected chi connectivity index (χ1v) is 10.9. The number of carbonyl (C=O) groups excluding carboxylic acids is 2. The van der Waals surface area contributed by atoms with Crippen LogP contribution in [0.4, 0.5) is 10.1 Å². The number of ketones is 1. The average molecular weight is 433 g/mol. The van der Waals surface area contributed by atoms with Crippen molar-refractivity contribution in [1.82, 2.24) is 0 Å². The van der Waals surface area contributed by atoms with E-state index in [1.165, 1.54) is 20.1 Å². The molecule has 2 atom stereocenters. The Morgan fingerprint density at radius 1 is 1.27 bits per heavy atom. The van der Waals surface area contributed by atoms with Crippen LogP contribution in [-0.4, -0.2) is 33.9 Å². The monoisotopic (exact) mass is 433 g/mol. The third kappa shape index (κ3) is 3.65. The van der Waals surface area contributed by atoms with Crippen molar-refractivity contribution in [2.45, 2.75) is 30.6 Å². The molecule has 0 saturated heterocycles. The van der Waals surface area contributed by atoms with E-state index in [-0.39, 0.29) is 33.9 Å². The van der Waals surface area contributed by atoms with E-state index in [0.29, 0.717) is 24.2 Å². The molecule has 4 rings (SSSR count). The molecule has 1 fully saturated rings. The molecule has 9 heteroatoms. The minimum Gasteiger partial charge on any atom is -0.492 e. The molecule has 2 aromatic carbocycles. The number of benzene rings is 2. The fourth-order valence-electron chi connectivity index (χ4n) is 3.86. The topological polar surface area (TPSA) is 98.8 Å². The molecule has 2 aromatic rings. The molecular formula is C21H20FNO6S. The van der Waals surface area contributed by atoms with Crippen molar-refractivity contribution in [3.8, 4) is 5.75 Å². The molecule has 1 aliphatic heterocycles. The van der Waals surface area contributed by atoms with E-state index < -0.39 is 21.8 Å². The van der Waals surface area contributed by atoms with Gasteiger partial charge in [-0.2, -0.15) is 0 Å². The van der Waals surface area contributed by atoms with Gasteiger partial charge in [0, 0.05) is 12.3 Å². The molecule has 7 nitrogen and oxygen atoms in total. The second-order valence-corrected chi connectivity index (χ2v) is 9.20. The van der Waals surface area contributed by atoms with E-state index in [2.05, 4.69) is 4.72 Å². The molecular weight excluding hydrogens is 413 g/mol. The van der Waals surface area contributed by atoms with Gasteiger partial charge in [-0.1, -0.05) is 6.07 Å². The molecule has 0 unspecified atom stereocenters. The Bertz CT molecular complexity index is 1160. The highest BCUT2D eigenvalue weighted by atomic mass is 32.2. The number of sulfonamides is 1. The Kier molecular flexibility index (Phi) is 5.01. The molecule has 0 aromatic heterocycles. The van der Waals surface area contributed by atoms with Crippen molar-refractivity contribution >= 4 is 27.5 Å².